The number of hydrogen-bond donors (Lipinski definition) is 3. The Balaban J connectivity index is 1.81. The second-order valence-electron chi connectivity index (χ2n) is 5.31. The minimum Gasteiger partial charge on any atom is -0.480 e. The Kier molecular flexibility index (Phi) is 3.73. The standard InChI is InChI=1S/C17H17NO3/c19-16-14(10-18-15(16)17(20)21)13-8-6-12(7-9-13)11-4-2-1-3-5-11/h1-9,14-16,18-19H,10H2,(H,20,21)/t14-,15-,16+/m1/s1. The lowest BCUT2D eigenvalue weighted by atomic mass is 9.92. The number of benzene rings is 2. The molecule has 1 aliphatic rings. The Morgan fingerprint density at radius 3 is 2.19 bits per heavy atom. The zero-order valence-corrected chi connectivity index (χ0v) is 11.4. The Morgan fingerprint density at radius 2 is 1.62 bits per heavy atom. The highest BCUT2D eigenvalue weighted by Crippen LogP contribution is 2.28. The van der Waals surface area contributed by atoms with Crippen molar-refractivity contribution in [2.24, 2.45) is 0 Å². The van der Waals surface area contributed by atoms with Crippen LogP contribution in [0.25, 0.3) is 11.1 Å². The van der Waals surface area contributed by atoms with Gasteiger partial charge in [0.1, 0.15) is 6.04 Å². The second kappa shape index (κ2) is 5.68. The number of carboxylic acid groups (broad SMARTS) is 1. The van der Waals surface area contributed by atoms with E-state index in [4.69, 9.17) is 5.11 Å². The van der Waals surface area contributed by atoms with E-state index in [0.717, 1.165) is 16.7 Å². The molecule has 0 amide bonds. The number of nitrogens with one attached hydrogen (secondary N) is 1. The van der Waals surface area contributed by atoms with Gasteiger partial charge in [-0.3, -0.25) is 4.79 Å². The van der Waals surface area contributed by atoms with Crippen LogP contribution >= 0.6 is 0 Å². The van der Waals surface area contributed by atoms with Crippen molar-refractivity contribution in [3.63, 3.8) is 0 Å². The van der Waals surface area contributed by atoms with Gasteiger partial charge in [-0.2, -0.15) is 0 Å². The maximum Gasteiger partial charge on any atom is 0.323 e. The van der Waals surface area contributed by atoms with Gasteiger partial charge in [-0.15, -0.1) is 0 Å². The normalized spacial score (nSPS) is 24.9. The van der Waals surface area contributed by atoms with Gasteiger partial charge < -0.3 is 15.5 Å². The first-order chi connectivity index (χ1) is 10.2. The molecule has 3 atom stereocenters. The van der Waals surface area contributed by atoms with E-state index >= 15 is 0 Å². The summed E-state index contributed by atoms with van der Waals surface area (Å²) in [6.45, 7) is 0.475. The monoisotopic (exact) mass is 283 g/mol. The van der Waals surface area contributed by atoms with Crippen LogP contribution in [0.2, 0.25) is 0 Å². The Hall–Kier alpha value is -2.17. The Morgan fingerprint density at radius 1 is 1.00 bits per heavy atom. The van der Waals surface area contributed by atoms with Crippen LogP contribution < -0.4 is 5.32 Å². The van der Waals surface area contributed by atoms with Crippen molar-refractivity contribution in [2.45, 2.75) is 18.1 Å². The SMILES string of the molecule is O=C(O)[C@@H]1NC[C@H](c2ccc(-c3ccccc3)cc2)[C@@H]1O. The molecule has 4 nitrogen and oxygen atoms in total. The van der Waals surface area contributed by atoms with E-state index in [1.54, 1.807) is 0 Å². The van der Waals surface area contributed by atoms with Gasteiger partial charge in [0, 0.05) is 12.5 Å². The van der Waals surface area contributed by atoms with E-state index in [0.29, 0.717) is 6.54 Å². The van der Waals surface area contributed by atoms with Crippen LogP contribution in [-0.4, -0.2) is 34.9 Å². The highest BCUT2D eigenvalue weighted by Gasteiger charge is 2.39. The minimum atomic E-state index is -1.01. The van der Waals surface area contributed by atoms with Crippen molar-refractivity contribution in [3.8, 4) is 11.1 Å². The molecule has 2 aromatic carbocycles. The van der Waals surface area contributed by atoms with Gasteiger partial charge in [0.15, 0.2) is 0 Å². The molecule has 21 heavy (non-hydrogen) atoms. The Bertz CT molecular complexity index is 624. The van der Waals surface area contributed by atoms with Crippen LogP contribution in [0.15, 0.2) is 54.6 Å². The second-order valence-corrected chi connectivity index (χ2v) is 5.31. The highest BCUT2D eigenvalue weighted by molar-refractivity contribution is 5.75. The molecule has 1 fully saturated rings. The predicted molar refractivity (Wildman–Crippen MR) is 80.1 cm³/mol. The topological polar surface area (TPSA) is 69.6 Å². The van der Waals surface area contributed by atoms with E-state index in [1.807, 2.05) is 54.6 Å². The molecule has 3 N–H and O–H groups in total. The van der Waals surface area contributed by atoms with Crippen LogP contribution in [0.1, 0.15) is 11.5 Å². The van der Waals surface area contributed by atoms with Crippen molar-refractivity contribution in [2.75, 3.05) is 6.54 Å². The van der Waals surface area contributed by atoms with E-state index in [2.05, 4.69) is 5.32 Å². The molecule has 0 unspecified atom stereocenters. The molecule has 0 aliphatic carbocycles. The molecule has 0 radical (unpaired) electrons. The average molecular weight is 283 g/mol. The van der Waals surface area contributed by atoms with Gasteiger partial charge in [-0.05, 0) is 16.7 Å². The van der Waals surface area contributed by atoms with Gasteiger partial charge in [0.25, 0.3) is 0 Å². The van der Waals surface area contributed by atoms with Crippen LogP contribution in [0.5, 0.6) is 0 Å². The summed E-state index contributed by atoms with van der Waals surface area (Å²) in [5, 5.41) is 22.0. The van der Waals surface area contributed by atoms with Crippen molar-refractivity contribution in [1.82, 2.24) is 5.32 Å². The molecule has 1 saturated heterocycles. The summed E-state index contributed by atoms with van der Waals surface area (Å²) < 4.78 is 0. The van der Waals surface area contributed by atoms with Crippen molar-refractivity contribution in [3.05, 3.63) is 60.2 Å². The van der Waals surface area contributed by atoms with E-state index in [1.165, 1.54) is 0 Å². The zero-order valence-electron chi connectivity index (χ0n) is 11.4. The summed E-state index contributed by atoms with van der Waals surface area (Å²) in [6, 6.07) is 17.1. The minimum absolute atomic E-state index is 0.184. The first-order valence-electron chi connectivity index (χ1n) is 6.96. The van der Waals surface area contributed by atoms with E-state index in [9.17, 15) is 9.90 Å². The summed E-state index contributed by atoms with van der Waals surface area (Å²) in [4.78, 5) is 11.0. The smallest absolute Gasteiger partial charge is 0.323 e. The number of aliphatic hydroxyl groups is 1. The molecular formula is C17H17NO3. The van der Waals surface area contributed by atoms with Gasteiger partial charge in [0.05, 0.1) is 6.10 Å². The van der Waals surface area contributed by atoms with E-state index < -0.39 is 18.1 Å². The third kappa shape index (κ3) is 2.68. The first-order valence-corrected chi connectivity index (χ1v) is 6.96. The largest absolute Gasteiger partial charge is 0.480 e. The lowest BCUT2D eigenvalue weighted by molar-refractivity contribution is -0.141. The fourth-order valence-corrected chi connectivity index (χ4v) is 2.83. The third-order valence-corrected chi connectivity index (χ3v) is 4.02. The number of aliphatic carboxylic acids is 1. The average Bonchev–Trinajstić information content (AvgIpc) is 2.90. The van der Waals surface area contributed by atoms with Gasteiger partial charge in [-0.1, -0.05) is 54.6 Å². The fraction of sp³-hybridized carbons (Fsp3) is 0.235. The maximum atomic E-state index is 11.0. The number of hydrogen-bond acceptors (Lipinski definition) is 3. The molecule has 1 heterocycles. The van der Waals surface area contributed by atoms with Crippen LogP contribution in [0, 0.1) is 0 Å². The first kappa shape index (κ1) is 13.8. The van der Waals surface area contributed by atoms with Crippen LogP contribution in [-0.2, 0) is 4.79 Å². The molecule has 1 aliphatic heterocycles. The number of aliphatic hydroxyl groups excluding tert-OH is 1. The maximum absolute atomic E-state index is 11.0. The fourth-order valence-electron chi connectivity index (χ4n) is 2.83. The summed E-state index contributed by atoms with van der Waals surface area (Å²) in [5.74, 6) is -1.19. The molecule has 0 aromatic heterocycles. The number of rotatable bonds is 3. The van der Waals surface area contributed by atoms with Crippen LogP contribution in [0.3, 0.4) is 0 Å². The molecule has 0 bridgehead atoms. The molecule has 108 valence electrons. The van der Waals surface area contributed by atoms with Crippen molar-refractivity contribution in [1.29, 1.82) is 0 Å². The summed E-state index contributed by atoms with van der Waals surface area (Å²) in [6.07, 6.45) is -0.898. The lowest BCUT2D eigenvalue weighted by Crippen LogP contribution is -2.38. The summed E-state index contributed by atoms with van der Waals surface area (Å²) >= 11 is 0. The summed E-state index contributed by atoms with van der Waals surface area (Å²) in [5.41, 5.74) is 3.20. The molecule has 0 spiro atoms. The third-order valence-electron chi connectivity index (χ3n) is 4.02. The number of carbonyl (C=O) groups is 1. The quantitative estimate of drug-likeness (QED) is 0.804. The molecule has 3 rings (SSSR count). The Labute approximate surface area is 123 Å². The molecule has 2 aromatic rings. The van der Waals surface area contributed by atoms with Crippen LogP contribution in [0.4, 0.5) is 0 Å². The highest BCUT2D eigenvalue weighted by atomic mass is 16.4. The van der Waals surface area contributed by atoms with E-state index in [-0.39, 0.29) is 5.92 Å². The number of carboxylic acids is 1. The van der Waals surface area contributed by atoms with Gasteiger partial charge >= 0.3 is 5.97 Å². The van der Waals surface area contributed by atoms with Gasteiger partial charge in [0.2, 0.25) is 0 Å². The van der Waals surface area contributed by atoms with Crippen molar-refractivity contribution >= 4 is 5.97 Å². The summed E-state index contributed by atoms with van der Waals surface area (Å²) in [7, 11) is 0. The van der Waals surface area contributed by atoms with Crippen molar-refractivity contribution < 1.29 is 15.0 Å². The molecule has 0 saturated carbocycles. The molecule has 4 heteroatoms. The lowest BCUT2D eigenvalue weighted by Gasteiger charge is -2.16. The van der Waals surface area contributed by atoms with Gasteiger partial charge in [-0.25, -0.2) is 0 Å². The molecular weight excluding hydrogens is 266 g/mol. The predicted octanol–water partition coefficient (Wildman–Crippen LogP) is 1.85. The zero-order chi connectivity index (χ0) is 14.8.